The van der Waals surface area contributed by atoms with Gasteiger partial charge in [0.2, 0.25) is 0 Å². The topological polar surface area (TPSA) is 48.1 Å². The van der Waals surface area contributed by atoms with Gasteiger partial charge in [-0.2, -0.15) is 0 Å². The van der Waals surface area contributed by atoms with Crippen LogP contribution in [0.3, 0.4) is 0 Å². The maximum atomic E-state index is 13.1. The van der Waals surface area contributed by atoms with Crippen molar-refractivity contribution in [3.63, 3.8) is 0 Å². The lowest BCUT2D eigenvalue weighted by atomic mass is 10.2. The second-order valence-corrected chi connectivity index (χ2v) is 3.33. The number of nitrogens with zero attached hydrogens (tertiary/aromatic N) is 1. The molecule has 1 aromatic carbocycles. The van der Waals surface area contributed by atoms with E-state index < -0.39 is 5.82 Å². The number of nitrogen functional groups attached to an aromatic ring is 1. The van der Waals surface area contributed by atoms with E-state index in [-0.39, 0.29) is 5.69 Å². The highest BCUT2D eigenvalue weighted by molar-refractivity contribution is 5.41. The van der Waals surface area contributed by atoms with Gasteiger partial charge in [0.1, 0.15) is 18.2 Å². The Balaban J connectivity index is 2.03. The molecule has 0 unspecified atom stereocenters. The number of anilines is 1. The molecule has 0 spiro atoms. The first-order valence-corrected chi connectivity index (χ1v) is 4.82. The van der Waals surface area contributed by atoms with E-state index >= 15 is 0 Å². The Labute approximate surface area is 92.7 Å². The van der Waals surface area contributed by atoms with Crippen LogP contribution in [0.5, 0.6) is 5.75 Å². The molecule has 16 heavy (non-hydrogen) atoms. The van der Waals surface area contributed by atoms with Crippen LogP contribution in [0.15, 0.2) is 42.7 Å². The van der Waals surface area contributed by atoms with E-state index in [9.17, 15) is 4.39 Å². The van der Waals surface area contributed by atoms with Crippen LogP contribution in [0.25, 0.3) is 0 Å². The SMILES string of the molecule is Nc1ccc(COc2cccnc2)cc1F. The van der Waals surface area contributed by atoms with Crippen LogP contribution in [0, 0.1) is 5.82 Å². The van der Waals surface area contributed by atoms with Crippen molar-refractivity contribution in [2.45, 2.75) is 6.61 Å². The van der Waals surface area contributed by atoms with Gasteiger partial charge in [-0.1, -0.05) is 6.07 Å². The predicted octanol–water partition coefficient (Wildman–Crippen LogP) is 2.38. The molecule has 3 nitrogen and oxygen atoms in total. The summed E-state index contributed by atoms with van der Waals surface area (Å²) < 4.78 is 18.5. The van der Waals surface area contributed by atoms with Crippen LogP contribution in [0.1, 0.15) is 5.56 Å². The van der Waals surface area contributed by atoms with E-state index in [1.54, 1.807) is 30.6 Å². The minimum absolute atomic E-state index is 0.144. The van der Waals surface area contributed by atoms with Gasteiger partial charge in [0.25, 0.3) is 0 Å². The normalized spacial score (nSPS) is 10.1. The highest BCUT2D eigenvalue weighted by atomic mass is 19.1. The van der Waals surface area contributed by atoms with Gasteiger partial charge in [0.15, 0.2) is 0 Å². The van der Waals surface area contributed by atoms with Gasteiger partial charge in [-0.25, -0.2) is 4.39 Å². The van der Waals surface area contributed by atoms with E-state index in [0.717, 1.165) is 5.56 Å². The highest BCUT2D eigenvalue weighted by Crippen LogP contribution is 2.14. The van der Waals surface area contributed by atoms with Crippen molar-refractivity contribution < 1.29 is 9.13 Å². The van der Waals surface area contributed by atoms with Gasteiger partial charge in [0, 0.05) is 6.20 Å². The number of rotatable bonds is 3. The molecule has 0 fully saturated rings. The minimum Gasteiger partial charge on any atom is -0.487 e. The summed E-state index contributed by atoms with van der Waals surface area (Å²) in [5, 5.41) is 0. The molecule has 82 valence electrons. The van der Waals surface area contributed by atoms with Crippen molar-refractivity contribution in [1.29, 1.82) is 0 Å². The Morgan fingerprint density at radius 1 is 1.31 bits per heavy atom. The lowest BCUT2D eigenvalue weighted by molar-refractivity contribution is 0.304. The summed E-state index contributed by atoms with van der Waals surface area (Å²) in [4.78, 5) is 3.91. The van der Waals surface area contributed by atoms with Crippen LogP contribution in [-0.4, -0.2) is 4.98 Å². The zero-order chi connectivity index (χ0) is 11.4. The summed E-state index contributed by atoms with van der Waals surface area (Å²) in [7, 11) is 0. The van der Waals surface area contributed by atoms with E-state index in [1.807, 2.05) is 0 Å². The summed E-state index contributed by atoms with van der Waals surface area (Å²) in [6.45, 7) is 0.295. The molecule has 2 rings (SSSR count). The average Bonchev–Trinajstić information content (AvgIpc) is 2.32. The van der Waals surface area contributed by atoms with Gasteiger partial charge < -0.3 is 10.5 Å². The molecule has 0 saturated heterocycles. The number of halogens is 1. The Hall–Kier alpha value is -2.10. The molecule has 0 aliphatic heterocycles. The molecular weight excluding hydrogens is 207 g/mol. The van der Waals surface area contributed by atoms with Gasteiger partial charge >= 0.3 is 0 Å². The zero-order valence-corrected chi connectivity index (χ0v) is 8.56. The van der Waals surface area contributed by atoms with Crippen molar-refractivity contribution in [3.8, 4) is 5.75 Å². The van der Waals surface area contributed by atoms with Gasteiger partial charge in [0.05, 0.1) is 11.9 Å². The number of nitrogens with two attached hydrogens (primary N) is 1. The number of aromatic nitrogens is 1. The summed E-state index contributed by atoms with van der Waals surface area (Å²) >= 11 is 0. The molecule has 0 amide bonds. The third-order valence-electron chi connectivity index (χ3n) is 2.10. The van der Waals surface area contributed by atoms with Crippen LogP contribution < -0.4 is 10.5 Å². The molecule has 0 bridgehead atoms. The number of pyridine rings is 1. The Bertz CT molecular complexity index is 474. The third-order valence-corrected chi connectivity index (χ3v) is 2.10. The fourth-order valence-electron chi connectivity index (χ4n) is 1.26. The van der Waals surface area contributed by atoms with Crippen molar-refractivity contribution in [2.75, 3.05) is 5.73 Å². The van der Waals surface area contributed by atoms with Gasteiger partial charge in [-0.15, -0.1) is 0 Å². The van der Waals surface area contributed by atoms with E-state index in [4.69, 9.17) is 10.5 Å². The first-order valence-electron chi connectivity index (χ1n) is 4.82. The van der Waals surface area contributed by atoms with Crippen LogP contribution in [0.4, 0.5) is 10.1 Å². The lowest BCUT2D eigenvalue weighted by Crippen LogP contribution is -1.98. The van der Waals surface area contributed by atoms with E-state index in [1.165, 1.54) is 12.1 Å². The van der Waals surface area contributed by atoms with Gasteiger partial charge in [-0.3, -0.25) is 4.98 Å². The molecule has 1 aromatic heterocycles. The summed E-state index contributed by atoms with van der Waals surface area (Å²) in [5.41, 5.74) is 6.25. The molecule has 0 radical (unpaired) electrons. The highest BCUT2D eigenvalue weighted by Gasteiger charge is 2.00. The molecular formula is C12H11FN2O. The summed E-state index contributed by atoms with van der Waals surface area (Å²) in [6, 6.07) is 8.19. The van der Waals surface area contributed by atoms with Gasteiger partial charge in [-0.05, 0) is 29.8 Å². The molecule has 4 heteroatoms. The first kappa shape index (κ1) is 10.4. The fourth-order valence-corrected chi connectivity index (χ4v) is 1.26. The number of ether oxygens (including phenoxy) is 1. The molecule has 1 heterocycles. The zero-order valence-electron chi connectivity index (χ0n) is 8.56. The van der Waals surface area contributed by atoms with Crippen molar-refractivity contribution in [3.05, 3.63) is 54.1 Å². The maximum Gasteiger partial charge on any atom is 0.146 e. The summed E-state index contributed by atoms with van der Waals surface area (Å²) in [5.74, 6) is 0.229. The maximum absolute atomic E-state index is 13.1. The largest absolute Gasteiger partial charge is 0.487 e. The Morgan fingerprint density at radius 3 is 2.88 bits per heavy atom. The van der Waals surface area contributed by atoms with Crippen molar-refractivity contribution in [1.82, 2.24) is 4.98 Å². The monoisotopic (exact) mass is 218 g/mol. The third kappa shape index (κ3) is 2.48. The fraction of sp³-hybridized carbons (Fsp3) is 0.0833. The number of hydrogen-bond acceptors (Lipinski definition) is 3. The standard InChI is InChI=1S/C12H11FN2O/c13-11-6-9(3-4-12(11)14)8-16-10-2-1-5-15-7-10/h1-7H,8,14H2. The van der Waals surface area contributed by atoms with Crippen LogP contribution in [-0.2, 0) is 6.61 Å². The molecule has 0 aliphatic carbocycles. The summed E-state index contributed by atoms with van der Waals surface area (Å²) in [6.07, 6.45) is 3.27. The van der Waals surface area contributed by atoms with Crippen LogP contribution >= 0.6 is 0 Å². The van der Waals surface area contributed by atoms with Crippen molar-refractivity contribution >= 4 is 5.69 Å². The molecule has 0 aliphatic rings. The number of hydrogen-bond donors (Lipinski definition) is 1. The first-order chi connectivity index (χ1) is 7.75. The van der Waals surface area contributed by atoms with E-state index in [0.29, 0.717) is 12.4 Å². The lowest BCUT2D eigenvalue weighted by Gasteiger charge is -2.06. The molecule has 0 atom stereocenters. The second-order valence-electron chi connectivity index (χ2n) is 3.33. The minimum atomic E-state index is -0.424. The van der Waals surface area contributed by atoms with Crippen molar-refractivity contribution in [2.24, 2.45) is 0 Å². The quantitative estimate of drug-likeness (QED) is 0.804. The predicted molar refractivity (Wildman–Crippen MR) is 59.4 cm³/mol. The molecule has 0 saturated carbocycles. The molecule has 2 N–H and O–H groups in total. The van der Waals surface area contributed by atoms with E-state index in [2.05, 4.69) is 4.98 Å². The number of benzene rings is 1. The van der Waals surface area contributed by atoms with Crippen LogP contribution in [0.2, 0.25) is 0 Å². The Morgan fingerprint density at radius 2 is 2.19 bits per heavy atom. The molecule has 2 aromatic rings. The average molecular weight is 218 g/mol. The Kier molecular flexibility index (Phi) is 3.00. The second kappa shape index (κ2) is 4.61. The smallest absolute Gasteiger partial charge is 0.146 e.